The molecule has 7 nitrogen and oxygen atoms in total. The van der Waals surface area contributed by atoms with Gasteiger partial charge in [-0.05, 0) is 23.8 Å². The van der Waals surface area contributed by atoms with E-state index in [0.29, 0.717) is 28.9 Å². The lowest BCUT2D eigenvalue weighted by Crippen LogP contribution is -2.24. The first-order valence-electron chi connectivity index (χ1n) is 7.96. The quantitative estimate of drug-likeness (QED) is 0.774. The molecule has 0 fully saturated rings. The molecule has 7 heteroatoms. The van der Waals surface area contributed by atoms with E-state index < -0.39 is 11.3 Å². The number of fused-ring (bicyclic) bond motifs is 2. The highest BCUT2D eigenvalue weighted by Crippen LogP contribution is 2.35. The number of hydrogen-bond acceptors (Lipinski definition) is 5. The largest absolute Gasteiger partial charge is 0.497 e. The van der Waals surface area contributed by atoms with Gasteiger partial charge in [0.25, 0.3) is 5.91 Å². The van der Waals surface area contributed by atoms with Crippen LogP contribution in [0.25, 0.3) is 10.9 Å². The van der Waals surface area contributed by atoms with E-state index in [0.717, 1.165) is 11.3 Å². The third-order valence-corrected chi connectivity index (χ3v) is 4.35. The SMILES string of the molecule is COc1ccc(Cn2cc(C(N)=O)c(=O)c3cc4c(cc32)OCO4)cc1. The number of carbonyl (C=O) groups is 1. The molecule has 0 saturated heterocycles. The fraction of sp³-hybridized carbons (Fsp3) is 0.158. The maximum Gasteiger partial charge on any atom is 0.254 e. The number of methoxy groups -OCH3 is 1. The molecule has 0 aliphatic carbocycles. The van der Waals surface area contributed by atoms with Crippen molar-refractivity contribution in [3.63, 3.8) is 0 Å². The Hall–Kier alpha value is -3.48. The fourth-order valence-electron chi connectivity index (χ4n) is 3.01. The standard InChI is InChI=1S/C19H16N2O5/c1-24-12-4-2-11(3-5-12)8-21-9-14(19(20)23)18(22)13-6-16-17(7-15(13)21)26-10-25-16/h2-7,9H,8,10H2,1H3,(H2,20,23). The van der Waals surface area contributed by atoms with Crippen molar-refractivity contribution in [2.24, 2.45) is 5.73 Å². The molecule has 2 N–H and O–H groups in total. The van der Waals surface area contributed by atoms with Gasteiger partial charge >= 0.3 is 0 Å². The van der Waals surface area contributed by atoms with Crippen LogP contribution in [0.4, 0.5) is 0 Å². The normalized spacial score (nSPS) is 12.3. The van der Waals surface area contributed by atoms with Crippen molar-refractivity contribution < 1.29 is 19.0 Å². The van der Waals surface area contributed by atoms with Gasteiger partial charge in [-0.3, -0.25) is 9.59 Å². The molecular formula is C19H16N2O5. The lowest BCUT2D eigenvalue weighted by Gasteiger charge is -2.14. The highest BCUT2D eigenvalue weighted by atomic mass is 16.7. The minimum absolute atomic E-state index is 0.0649. The highest BCUT2D eigenvalue weighted by Gasteiger charge is 2.20. The number of nitrogens with zero attached hydrogens (tertiary/aromatic N) is 1. The van der Waals surface area contributed by atoms with Gasteiger partial charge in [-0.25, -0.2) is 0 Å². The average Bonchev–Trinajstić information content (AvgIpc) is 3.10. The first-order valence-corrected chi connectivity index (χ1v) is 7.96. The molecule has 2 heterocycles. The summed E-state index contributed by atoms with van der Waals surface area (Å²) in [4.78, 5) is 24.4. The first kappa shape index (κ1) is 16.0. The van der Waals surface area contributed by atoms with Crippen LogP contribution in [-0.4, -0.2) is 24.4 Å². The second-order valence-corrected chi connectivity index (χ2v) is 5.93. The van der Waals surface area contributed by atoms with Crippen LogP contribution in [0, 0.1) is 0 Å². The zero-order valence-corrected chi connectivity index (χ0v) is 14.0. The molecule has 3 aromatic rings. The molecule has 0 spiro atoms. The molecule has 4 rings (SSSR count). The predicted octanol–water partition coefficient (Wildman–Crippen LogP) is 1.89. The van der Waals surface area contributed by atoms with Crippen LogP contribution in [0.5, 0.6) is 17.2 Å². The van der Waals surface area contributed by atoms with E-state index in [9.17, 15) is 9.59 Å². The zero-order chi connectivity index (χ0) is 18.3. The van der Waals surface area contributed by atoms with Gasteiger partial charge in [-0.2, -0.15) is 0 Å². The third-order valence-electron chi connectivity index (χ3n) is 4.35. The summed E-state index contributed by atoms with van der Waals surface area (Å²) >= 11 is 0. The van der Waals surface area contributed by atoms with Crippen molar-refractivity contribution in [1.82, 2.24) is 4.57 Å². The van der Waals surface area contributed by atoms with Crippen molar-refractivity contribution >= 4 is 16.8 Å². The molecule has 1 aliphatic heterocycles. The monoisotopic (exact) mass is 352 g/mol. The maximum atomic E-state index is 12.6. The number of primary amides is 1. The molecule has 132 valence electrons. The summed E-state index contributed by atoms with van der Waals surface area (Å²) in [5, 5.41) is 0.360. The van der Waals surface area contributed by atoms with E-state index >= 15 is 0 Å². The Balaban J connectivity index is 1.90. The molecule has 2 aromatic carbocycles. The van der Waals surface area contributed by atoms with Crippen LogP contribution in [-0.2, 0) is 6.54 Å². The molecule has 1 amide bonds. The van der Waals surface area contributed by atoms with Gasteiger partial charge in [-0.15, -0.1) is 0 Å². The number of hydrogen-bond donors (Lipinski definition) is 1. The Labute approximate surface area is 148 Å². The van der Waals surface area contributed by atoms with Crippen LogP contribution in [0.15, 0.2) is 47.4 Å². The van der Waals surface area contributed by atoms with E-state index in [1.165, 1.54) is 6.20 Å². The van der Waals surface area contributed by atoms with Gasteiger partial charge in [0.15, 0.2) is 11.5 Å². The van der Waals surface area contributed by atoms with Crippen LogP contribution in [0.1, 0.15) is 15.9 Å². The van der Waals surface area contributed by atoms with Gasteiger partial charge in [0, 0.05) is 18.8 Å². The van der Waals surface area contributed by atoms with Crippen molar-refractivity contribution in [1.29, 1.82) is 0 Å². The maximum absolute atomic E-state index is 12.6. The Bertz CT molecular complexity index is 1070. The molecule has 0 atom stereocenters. The van der Waals surface area contributed by atoms with Crippen molar-refractivity contribution in [2.45, 2.75) is 6.54 Å². The molecule has 0 bridgehead atoms. The number of rotatable bonds is 4. The Morgan fingerprint density at radius 1 is 1.19 bits per heavy atom. The van der Waals surface area contributed by atoms with Crippen molar-refractivity contribution in [3.05, 3.63) is 63.9 Å². The van der Waals surface area contributed by atoms with Crippen LogP contribution in [0.2, 0.25) is 0 Å². The van der Waals surface area contributed by atoms with Gasteiger partial charge in [-0.1, -0.05) is 12.1 Å². The summed E-state index contributed by atoms with van der Waals surface area (Å²) in [7, 11) is 1.60. The Kier molecular flexibility index (Phi) is 3.76. The first-order chi connectivity index (χ1) is 12.6. The molecule has 1 aliphatic rings. The topological polar surface area (TPSA) is 92.8 Å². The zero-order valence-electron chi connectivity index (χ0n) is 14.0. The Morgan fingerprint density at radius 3 is 2.54 bits per heavy atom. The van der Waals surface area contributed by atoms with E-state index in [1.807, 2.05) is 24.3 Å². The molecule has 0 radical (unpaired) electrons. The minimum atomic E-state index is -0.766. The molecular weight excluding hydrogens is 336 g/mol. The smallest absolute Gasteiger partial charge is 0.254 e. The number of nitrogens with two attached hydrogens (primary N) is 1. The Morgan fingerprint density at radius 2 is 1.88 bits per heavy atom. The van der Waals surface area contributed by atoms with Gasteiger partial charge < -0.3 is 24.5 Å². The summed E-state index contributed by atoms with van der Waals surface area (Å²) in [6.07, 6.45) is 1.49. The summed E-state index contributed by atoms with van der Waals surface area (Å²) in [5.74, 6) is 1.03. The van der Waals surface area contributed by atoms with Crippen LogP contribution in [0.3, 0.4) is 0 Å². The summed E-state index contributed by atoms with van der Waals surface area (Å²) in [6.45, 7) is 0.543. The summed E-state index contributed by atoms with van der Waals surface area (Å²) in [5.41, 5.74) is 6.52. The van der Waals surface area contributed by atoms with E-state index in [4.69, 9.17) is 19.9 Å². The van der Waals surface area contributed by atoms with Crippen LogP contribution >= 0.6 is 0 Å². The predicted molar refractivity (Wildman–Crippen MR) is 94.9 cm³/mol. The highest BCUT2D eigenvalue weighted by molar-refractivity contribution is 5.96. The third kappa shape index (κ3) is 2.63. The summed E-state index contributed by atoms with van der Waals surface area (Å²) in [6, 6.07) is 10.9. The molecule has 0 unspecified atom stereocenters. The van der Waals surface area contributed by atoms with Gasteiger partial charge in [0.1, 0.15) is 11.3 Å². The number of amides is 1. The number of pyridine rings is 1. The van der Waals surface area contributed by atoms with Crippen LogP contribution < -0.4 is 25.4 Å². The van der Waals surface area contributed by atoms with Gasteiger partial charge in [0.2, 0.25) is 12.2 Å². The minimum Gasteiger partial charge on any atom is -0.497 e. The van der Waals surface area contributed by atoms with Crippen molar-refractivity contribution in [2.75, 3.05) is 13.9 Å². The van der Waals surface area contributed by atoms with E-state index in [1.54, 1.807) is 23.8 Å². The molecule has 1 aromatic heterocycles. The average molecular weight is 352 g/mol. The lowest BCUT2D eigenvalue weighted by molar-refractivity contribution is 0.0998. The van der Waals surface area contributed by atoms with Gasteiger partial charge in [0.05, 0.1) is 18.0 Å². The number of carbonyl (C=O) groups excluding carboxylic acids is 1. The molecule has 26 heavy (non-hydrogen) atoms. The lowest BCUT2D eigenvalue weighted by atomic mass is 10.1. The fourth-order valence-corrected chi connectivity index (χ4v) is 3.01. The number of ether oxygens (including phenoxy) is 3. The van der Waals surface area contributed by atoms with Crippen molar-refractivity contribution in [3.8, 4) is 17.2 Å². The second kappa shape index (κ2) is 6.11. The number of benzene rings is 2. The summed E-state index contributed by atoms with van der Waals surface area (Å²) < 4.78 is 17.7. The second-order valence-electron chi connectivity index (χ2n) is 5.93. The van der Waals surface area contributed by atoms with E-state index in [-0.39, 0.29) is 12.4 Å². The van der Waals surface area contributed by atoms with E-state index in [2.05, 4.69) is 0 Å². The molecule has 0 saturated carbocycles. The number of aromatic nitrogens is 1.